The summed E-state index contributed by atoms with van der Waals surface area (Å²) in [5.41, 5.74) is 0.244. The molecule has 0 radical (unpaired) electrons. The summed E-state index contributed by atoms with van der Waals surface area (Å²) in [4.78, 5) is 0.152. The Bertz CT molecular complexity index is 587. The Kier molecular flexibility index (Phi) is 6.37. The highest BCUT2D eigenvalue weighted by atomic mass is 32.2. The van der Waals surface area contributed by atoms with Crippen LogP contribution in [0.3, 0.4) is 0 Å². The van der Waals surface area contributed by atoms with Gasteiger partial charge < -0.3 is 14.6 Å². The number of hydrogen-bond acceptors (Lipinski definition) is 5. The van der Waals surface area contributed by atoms with E-state index in [1.807, 2.05) is 6.92 Å². The molecule has 0 spiro atoms. The lowest BCUT2D eigenvalue weighted by Crippen LogP contribution is -2.43. The lowest BCUT2D eigenvalue weighted by molar-refractivity contribution is -0.0119. The minimum Gasteiger partial charge on any atom is -0.493 e. The molecule has 1 atom stereocenters. The van der Waals surface area contributed by atoms with Gasteiger partial charge >= 0.3 is 0 Å². The first kappa shape index (κ1) is 18.9. The van der Waals surface area contributed by atoms with Gasteiger partial charge in [0.05, 0.1) is 23.7 Å². The van der Waals surface area contributed by atoms with Crippen molar-refractivity contribution in [1.82, 2.24) is 4.72 Å². The first-order valence-corrected chi connectivity index (χ1v) is 8.56. The van der Waals surface area contributed by atoms with Gasteiger partial charge in [0.15, 0.2) is 0 Å². The lowest BCUT2D eigenvalue weighted by Gasteiger charge is -2.22. The van der Waals surface area contributed by atoms with Gasteiger partial charge in [-0.1, -0.05) is 0 Å². The Morgan fingerprint density at radius 3 is 2.27 bits per heavy atom. The van der Waals surface area contributed by atoms with Crippen LogP contribution in [-0.4, -0.2) is 46.0 Å². The highest BCUT2D eigenvalue weighted by molar-refractivity contribution is 7.89. The molecule has 0 fully saturated rings. The van der Waals surface area contributed by atoms with E-state index in [2.05, 4.69) is 4.72 Å². The highest BCUT2D eigenvalue weighted by Gasteiger charge is 2.25. The standard InChI is InChI=1S/C15H25NO5S/c1-6-21-14-11(2)7-13(8-12(14)3)22(18,19)16-9-15(4,17)10-20-5/h7-8,16-17H,6,9-10H2,1-5H3/t15-/m0/s1. The number of nitrogens with one attached hydrogen (secondary N) is 1. The normalized spacial score (nSPS) is 14.6. The molecular formula is C15H25NO5S. The van der Waals surface area contributed by atoms with Crippen molar-refractivity contribution >= 4 is 10.0 Å². The molecular weight excluding hydrogens is 306 g/mol. The number of ether oxygens (including phenoxy) is 2. The Balaban J connectivity index is 2.99. The SMILES string of the molecule is CCOc1c(C)cc(S(=O)(=O)NC[C@](C)(O)COC)cc1C. The molecule has 126 valence electrons. The predicted octanol–water partition coefficient (Wildman–Crippen LogP) is 1.38. The number of sulfonamides is 1. The Morgan fingerprint density at radius 1 is 1.27 bits per heavy atom. The number of benzene rings is 1. The van der Waals surface area contributed by atoms with Crippen molar-refractivity contribution in [1.29, 1.82) is 0 Å². The number of methoxy groups -OCH3 is 1. The zero-order valence-corrected chi connectivity index (χ0v) is 14.6. The molecule has 0 aromatic heterocycles. The molecule has 2 N–H and O–H groups in total. The summed E-state index contributed by atoms with van der Waals surface area (Å²) < 4.78 is 37.5. The van der Waals surface area contributed by atoms with E-state index in [0.717, 1.165) is 11.1 Å². The van der Waals surface area contributed by atoms with E-state index in [-0.39, 0.29) is 18.0 Å². The molecule has 7 heteroatoms. The van der Waals surface area contributed by atoms with E-state index < -0.39 is 15.6 Å². The second-order valence-corrected chi connectivity index (χ2v) is 7.34. The van der Waals surface area contributed by atoms with Crippen LogP contribution in [0, 0.1) is 13.8 Å². The number of aryl methyl sites for hydroxylation is 2. The van der Waals surface area contributed by atoms with Crippen LogP contribution in [0.4, 0.5) is 0 Å². The first-order chi connectivity index (χ1) is 10.1. The molecule has 1 aromatic carbocycles. The molecule has 0 saturated carbocycles. The highest BCUT2D eigenvalue weighted by Crippen LogP contribution is 2.26. The fraction of sp³-hybridized carbons (Fsp3) is 0.600. The maximum Gasteiger partial charge on any atom is 0.240 e. The van der Waals surface area contributed by atoms with Gasteiger partial charge in [0.1, 0.15) is 5.75 Å². The third kappa shape index (κ3) is 4.95. The van der Waals surface area contributed by atoms with E-state index in [4.69, 9.17) is 9.47 Å². The fourth-order valence-electron chi connectivity index (χ4n) is 2.13. The van der Waals surface area contributed by atoms with Crippen molar-refractivity contribution in [2.75, 3.05) is 26.9 Å². The summed E-state index contributed by atoms with van der Waals surface area (Å²) in [5, 5.41) is 9.98. The van der Waals surface area contributed by atoms with E-state index in [0.29, 0.717) is 12.4 Å². The van der Waals surface area contributed by atoms with Crippen LogP contribution in [0.5, 0.6) is 5.75 Å². The van der Waals surface area contributed by atoms with Gasteiger partial charge in [-0.05, 0) is 51.0 Å². The smallest absolute Gasteiger partial charge is 0.240 e. The topological polar surface area (TPSA) is 84.9 Å². The molecule has 6 nitrogen and oxygen atoms in total. The monoisotopic (exact) mass is 331 g/mol. The third-order valence-corrected chi connectivity index (χ3v) is 4.51. The number of aliphatic hydroxyl groups is 1. The molecule has 0 unspecified atom stereocenters. The minimum absolute atomic E-state index is 0.0385. The van der Waals surface area contributed by atoms with Crippen molar-refractivity contribution in [2.24, 2.45) is 0 Å². The molecule has 22 heavy (non-hydrogen) atoms. The predicted molar refractivity (Wildman–Crippen MR) is 84.8 cm³/mol. The van der Waals surface area contributed by atoms with Gasteiger partial charge in [-0.3, -0.25) is 0 Å². The second-order valence-electron chi connectivity index (χ2n) is 5.57. The van der Waals surface area contributed by atoms with E-state index >= 15 is 0 Å². The van der Waals surface area contributed by atoms with Crippen molar-refractivity contribution in [3.05, 3.63) is 23.3 Å². The van der Waals surface area contributed by atoms with Crippen molar-refractivity contribution < 1.29 is 23.0 Å². The Hall–Kier alpha value is -1.15. The molecule has 0 heterocycles. The fourth-order valence-corrected chi connectivity index (χ4v) is 3.46. The summed E-state index contributed by atoms with van der Waals surface area (Å²) in [5.74, 6) is 0.702. The molecule has 0 amide bonds. The summed E-state index contributed by atoms with van der Waals surface area (Å²) in [6.07, 6.45) is 0. The van der Waals surface area contributed by atoms with Crippen LogP contribution >= 0.6 is 0 Å². The third-order valence-electron chi connectivity index (χ3n) is 3.13. The van der Waals surface area contributed by atoms with Gasteiger partial charge in [0, 0.05) is 13.7 Å². The van der Waals surface area contributed by atoms with Gasteiger partial charge in [0.2, 0.25) is 10.0 Å². The number of hydrogen-bond donors (Lipinski definition) is 2. The van der Waals surface area contributed by atoms with E-state index in [1.54, 1.807) is 26.0 Å². The molecule has 0 saturated heterocycles. The van der Waals surface area contributed by atoms with Crippen molar-refractivity contribution in [3.63, 3.8) is 0 Å². The lowest BCUT2D eigenvalue weighted by atomic mass is 10.1. The average Bonchev–Trinajstić information content (AvgIpc) is 2.41. The average molecular weight is 331 g/mol. The first-order valence-electron chi connectivity index (χ1n) is 7.08. The molecule has 0 aliphatic rings. The van der Waals surface area contributed by atoms with Crippen LogP contribution in [0.15, 0.2) is 17.0 Å². The van der Waals surface area contributed by atoms with Gasteiger partial charge in [-0.25, -0.2) is 13.1 Å². The summed E-state index contributed by atoms with van der Waals surface area (Å²) in [6.45, 7) is 7.42. The second kappa shape index (κ2) is 7.41. The van der Waals surface area contributed by atoms with Gasteiger partial charge in [-0.2, -0.15) is 0 Å². The van der Waals surface area contributed by atoms with Crippen LogP contribution < -0.4 is 9.46 Å². The van der Waals surface area contributed by atoms with Crippen molar-refractivity contribution in [3.8, 4) is 5.75 Å². The maximum absolute atomic E-state index is 12.4. The zero-order valence-electron chi connectivity index (χ0n) is 13.8. The molecule has 0 aliphatic heterocycles. The van der Waals surface area contributed by atoms with Crippen LogP contribution in [0.25, 0.3) is 0 Å². The summed E-state index contributed by atoms with van der Waals surface area (Å²) in [6, 6.07) is 3.12. The summed E-state index contributed by atoms with van der Waals surface area (Å²) >= 11 is 0. The van der Waals surface area contributed by atoms with Crippen LogP contribution in [0.1, 0.15) is 25.0 Å². The van der Waals surface area contributed by atoms with Crippen LogP contribution in [-0.2, 0) is 14.8 Å². The largest absolute Gasteiger partial charge is 0.493 e. The number of rotatable bonds is 8. The molecule has 0 aliphatic carbocycles. The van der Waals surface area contributed by atoms with Crippen LogP contribution in [0.2, 0.25) is 0 Å². The van der Waals surface area contributed by atoms with E-state index in [1.165, 1.54) is 14.0 Å². The van der Waals surface area contributed by atoms with E-state index in [9.17, 15) is 13.5 Å². The maximum atomic E-state index is 12.4. The minimum atomic E-state index is -3.71. The Morgan fingerprint density at radius 2 is 1.82 bits per heavy atom. The zero-order chi connectivity index (χ0) is 17.0. The molecule has 1 rings (SSSR count). The van der Waals surface area contributed by atoms with Crippen molar-refractivity contribution in [2.45, 2.75) is 38.2 Å². The summed E-state index contributed by atoms with van der Waals surface area (Å²) in [7, 11) is -2.26. The van der Waals surface area contributed by atoms with Gasteiger partial charge in [-0.15, -0.1) is 0 Å². The van der Waals surface area contributed by atoms with Gasteiger partial charge in [0.25, 0.3) is 0 Å². The Labute approximate surface area is 132 Å². The molecule has 0 bridgehead atoms. The quantitative estimate of drug-likeness (QED) is 0.752. The molecule has 1 aromatic rings.